The Balaban J connectivity index is 1.53. The molecule has 3 heterocycles. The number of aliphatic hydroxyl groups is 3. The van der Waals surface area contributed by atoms with Gasteiger partial charge in [0.1, 0.15) is 24.1 Å². The number of hydrogen-bond donors (Lipinski definition) is 5. The summed E-state index contributed by atoms with van der Waals surface area (Å²) in [4.78, 5) is 13.5. The lowest BCUT2D eigenvalue weighted by atomic mass is 9.91. The van der Waals surface area contributed by atoms with Crippen molar-refractivity contribution in [3.8, 4) is 0 Å². The summed E-state index contributed by atoms with van der Waals surface area (Å²) in [6, 6.07) is 20.0. The minimum absolute atomic E-state index is 0.0438. The Bertz CT molecular complexity index is 1530. The van der Waals surface area contributed by atoms with E-state index in [1.165, 1.54) is 10.9 Å². The number of hydrogen-bond acceptors (Lipinski definition) is 10. The molecule has 0 unspecified atom stereocenters. The number of ether oxygens (including phenoxy) is 1. The molecule has 2 aromatic heterocycles. The molecule has 1 aliphatic heterocycles. The topological polar surface area (TPSA) is 172 Å². The van der Waals surface area contributed by atoms with Crippen LogP contribution >= 0.6 is 0 Å². The number of anilines is 1. The van der Waals surface area contributed by atoms with Gasteiger partial charge in [0.25, 0.3) is 0 Å². The fourth-order valence-electron chi connectivity index (χ4n) is 4.68. The molecule has 1 fully saturated rings. The van der Waals surface area contributed by atoms with Gasteiger partial charge in [0, 0.05) is 17.9 Å². The number of benzene rings is 2. The van der Waals surface area contributed by atoms with Crippen molar-refractivity contribution in [2.24, 2.45) is 0 Å². The third kappa shape index (κ3) is 5.75. The van der Waals surface area contributed by atoms with E-state index >= 15 is 0 Å². The summed E-state index contributed by atoms with van der Waals surface area (Å²) in [6.07, 6.45) is -3.35. The van der Waals surface area contributed by atoms with Gasteiger partial charge < -0.3 is 25.4 Å². The predicted molar refractivity (Wildman–Crippen MR) is 148 cm³/mol. The summed E-state index contributed by atoms with van der Waals surface area (Å²) in [5.41, 5.74) is 2.77. The van der Waals surface area contributed by atoms with Crippen molar-refractivity contribution in [1.29, 1.82) is 0 Å². The van der Waals surface area contributed by atoms with Gasteiger partial charge >= 0.3 is 0 Å². The first-order chi connectivity index (χ1) is 19.3. The highest BCUT2D eigenvalue weighted by molar-refractivity contribution is 7.92. The maximum atomic E-state index is 12.0. The summed E-state index contributed by atoms with van der Waals surface area (Å²) in [6.45, 7) is 3.01. The largest absolute Gasteiger partial charge is 0.394 e. The van der Waals surface area contributed by atoms with E-state index in [0.29, 0.717) is 17.9 Å². The zero-order valence-electron chi connectivity index (χ0n) is 21.4. The lowest BCUT2D eigenvalue weighted by Crippen LogP contribution is -2.33. The molecule has 210 valence electrons. The van der Waals surface area contributed by atoms with Crippen molar-refractivity contribution >= 4 is 27.0 Å². The molecule has 4 atom stereocenters. The van der Waals surface area contributed by atoms with Crippen molar-refractivity contribution in [1.82, 2.24) is 24.2 Å². The molecule has 5 rings (SSSR count). The number of rotatable bonds is 11. The Morgan fingerprint density at radius 1 is 1.02 bits per heavy atom. The molecule has 0 aliphatic carbocycles. The third-order valence-electron chi connectivity index (χ3n) is 6.79. The van der Waals surface area contributed by atoms with Crippen LogP contribution in [0.15, 0.2) is 79.0 Å². The van der Waals surface area contributed by atoms with E-state index in [2.05, 4.69) is 31.6 Å². The molecular formula is C27H30N6O6S. The van der Waals surface area contributed by atoms with Gasteiger partial charge in [0.15, 0.2) is 23.2 Å². The van der Waals surface area contributed by atoms with Gasteiger partial charge in [-0.05, 0) is 11.1 Å². The molecule has 1 saturated heterocycles. The van der Waals surface area contributed by atoms with Gasteiger partial charge in [-0.3, -0.25) is 4.57 Å². The molecule has 40 heavy (non-hydrogen) atoms. The number of sulfonamides is 1. The van der Waals surface area contributed by atoms with E-state index in [-0.39, 0.29) is 23.9 Å². The Labute approximate surface area is 231 Å². The first kappa shape index (κ1) is 27.8. The quantitative estimate of drug-likeness (QED) is 0.178. The summed E-state index contributed by atoms with van der Waals surface area (Å²) >= 11 is 0. The lowest BCUT2D eigenvalue weighted by Gasteiger charge is -2.20. The van der Waals surface area contributed by atoms with Crippen LogP contribution in [0.5, 0.6) is 0 Å². The lowest BCUT2D eigenvalue weighted by molar-refractivity contribution is -0.0511. The molecule has 0 saturated carbocycles. The van der Waals surface area contributed by atoms with E-state index in [4.69, 9.17) is 4.74 Å². The first-order valence-electron chi connectivity index (χ1n) is 12.6. The molecule has 13 heteroatoms. The monoisotopic (exact) mass is 566 g/mol. The molecule has 4 aromatic rings. The van der Waals surface area contributed by atoms with Crippen LogP contribution in [0.25, 0.3) is 11.2 Å². The zero-order chi connectivity index (χ0) is 28.3. The van der Waals surface area contributed by atoms with Crippen LogP contribution in [-0.2, 0) is 21.3 Å². The minimum atomic E-state index is -3.76. The van der Waals surface area contributed by atoms with E-state index in [0.717, 1.165) is 16.5 Å². The SMILES string of the molecule is C=CS(=O)(=O)NCc1nc(NCC(c2ccccc2)c2ccccc2)c2ncn([C@@H]3O[C@H](CO)[C@@H](O)[C@@H]3O)c2n1. The van der Waals surface area contributed by atoms with Crippen LogP contribution in [-0.4, -0.2) is 74.7 Å². The normalized spacial score (nSPS) is 21.2. The summed E-state index contributed by atoms with van der Waals surface area (Å²) in [5, 5.41) is 34.5. The van der Waals surface area contributed by atoms with Gasteiger partial charge in [0.2, 0.25) is 10.0 Å². The van der Waals surface area contributed by atoms with Crippen LogP contribution in [0.1, 0.15) is 29.1 Å². The number of nitrogens with one attached hydrogen (secondary N) is 2. The van der Waals surface area contributed by atoms with Crippen LogP contribution in [0.3, 0.4) is 0 Å². The molecule has 5 N–H and O–H groups in total. The Kier molecular flexibility index (Phi) is 8.21. The maximum absolute atomic E-state index is 12.0. The molecule has 2 aromatic carbocycles. The average Bonchev–Trinajstić information content (AvgIpc) is 3.53. The molecular weight excluding hydrogens is 536 g/mol. The van der Waals surface area contributed by atoms with Gasteiger partial charge in [-0.25, -0.2) is 28.1 Å². The number of fused-ring (bicyclic) bond motifs is 1. The standard InChI is InChI=1S/C27H30N6O6S/c1-2-40(37,38)30-14-21-31-25(28-13-19(17-9-5-3-6-10-17)18-11-7-4-8-12-18)22-26(32-21)33(16-29-22)27-24(36)23(35)20(15-34)39-27/h2-12,16,19-20,23-24,27,30,34-36H,1,13-15H2,(H,28,31,32)/t20-,23-,24+,27-/m1/s1. The molecule has 0 bridgehead atoms. The zero-order valence-corrected chi connectivity index (χ0v) is 22.2. The molecule has 0 amide bonds. The van der Waals surface area contributed by atoms with E-state index in [1.807, 2.05) is 60.7 Å². The minimum Gasteiger partial charge on any atom is -0.394 e. The van der Waals surface area contributed by atoms with Crippen LogP contribution in [0.4, 0.5) is 5.82 Å². The van der Waals surface area contributed by atoms with Gasteiger partial charge in [-0.15, -0.1) is 0 Å². The highest BCUT2D eigenvalue weighted by Crippen LogP contribution is 2.33. The van der Waals surface area contributed by atoms with E-state index < -0.39 is 41.2 Å². The maximum Gasteiger partial charge on any atom is 0.233 e. The fourth-order valence-corrected chi connectivity index (χ4v) is 5.13. The number of nitrogens with zero attached hydrogens (tertiary/aromatic N) is 4. The van der Waals surface area contributed by atoms with E-state index in [9.17, 15) is 23.7 Å². The third-order valence-corrected chi connectivity index (χ3v) is 7.77. The molecule has 1 aliphatic rings. The predicted octanol–water partition coefficient (Wildman–Crippen LogP) is 1.24. The van der Waals surface area contributed by atoms with Crippen LogP contribution < -0.4 is 10.0 Å². The summed E-state index contributed by atoms with van der Waals surface area (Å²) in [5.74, 6) is 0.433. The average molecular weight is 567 g/mol. The van der Waals surface area contributed by atoms with Gasteiger partial charge in [-0.1, -0.05) is 67.2 Å². The summed E-state index contributed by atoms with van der Waals surface area (Å²) < 4.78 is 33.5. The highest BCUT2D eigenvalue weighted by Gasteiger charge is 2.44. The van der Waals surface area contributed by atoms with Crippen LogP contribution in [0.2, 0.25) is 0 Å². The van der Waals surface area contributed by atoms with Crippen molar-refractivity contribution in [3.63, 3.8) is 0 Å². The van der Waals surface area contributed by atoms with Crippen molar-refractivity contribution in [2.75, 3.05) is 18.5 Å². The van der Waals surface area contributed by atoms with Gasteiger partial charge in [-0.2, -0.15) is 0 Å². The van der Waals surface area contributed by atoms with Crippen molar-refractivity contribution in [3.05, 3.63) is 95.9 Å². The first-order valence-corrected chi connectivity index (χ1v) is 14.2. The molecule has 0 spiro atoms. The second-order valence-corrected chi connectivity index (χ2v) is 11.0. The smallest absolute Gasteiger partial charge is 0.233 e. The molecule has 0 radical (unpaired) electrons. The fraction of sp³-hybridized carbons (Fsp3) is 0.296. The van der Waals surface area contributed by atoms with Crippen molar-refractivity contribution < 1.29 is 28.5 Å². The number of imidazole rings is 1. The second kappa shape index (κ2) is 11.8. The Hall–Kier alpha value is -3.72. The van der Waals surface area contributed by atoms with Crippen LogP contribution in [0, 0.1) is 0 Å². The van der Waals surface area contributed by atoms with Gasteiger partial charge in [0.05, 0.1) is 19.5 Å². The Morgan fingerprint density at radius 3 is 2.25 bits per heavy atom. The number of aromatic nitrogens is 4. The molecule has 12 nitrogen and oxygen atoms in total. The second-order valence-electron chi connectivity index (χ2n) is 9.33. The van der Waals surface area contributed by atoms with Crippen molar-refractivity contribution in [2.45, 2.75) is 37.0 Å². The number of aliphatic hydroxyl groups excluding tert-OH is 3. The Morgan fingerprint density at radius 2 is 1.68 bits per heavy atom. The van der Waals surface area contributed by atoms with E-state index in [1.54, 1.807) is 0 Å². The summed E-state index contributed by atoms with van der Waals surface area (Å²) in [7, 11) is -3.76. The highest BCUT2D eigenvalue weighted by atomic mass is 32.2.